The Labute approximate surface area is 225 Å². The van der Waals surface area contributed by atoms with Crippen LogP contribution < -0.4 is 5.56 Å². The Balaban J connectivity index is 1.62. The van der Waals surface area contributed by atoms with E-state index in [2.05, 4.69) is 0 Å². The topological polar surface area (TPSA) is 57.0 Å². The van der Waals surface area contributed by atoms with Crippen LogP contribution in [0.15, 0.2) is 83.7 Å². The van der Waals surface area contributed by atoms with Crippen molar-refractivity contribution in [3.63, 3.8) is 0 Å². The number of nitrogens with zero attached hydrogens (tertiary/aromatic N) is 3. The summed E-state index contributed by atoms with van der Waals surface area (Å²) in [4.78, 5) is 25.6. The van der Waals surface area contributed by atoms with Gasteiger partial charge in [-0.05, 0) is 56.2 Å². The van der Waals surface area contributed by atoms with Crippen molar-refractivity contribution >= 4 is 11.3 Å². The van der Waals surface area contributed by atoms with Crippen LogP contribution in [0.3, 0.4) is 0 Å². The highest BCUT2D eigenvalue weighted by atomic mass is 32.1. The highest BCUT2D eigenvalue weighted by molar-refractivity contribution is 7.16. The average Bonchev–Trinajstić information content (AvgIpc) is 3.29. The summed E-state index contributed by atoms with van der Waals surface area (Å²) >= 11 is 1.55. The predicted octanol–water partition coefficient (Wildman–Crippen LogP) is 6.85. The molecule has 0 bridgehead atoms. The lowest BCUT2D eigenvalue weighted by atomic mass is 10.1. The highest BCUT2D eigenvalue weighted by Crippen LogP contribution is 2.36. The molecule has 0 saturated heterocycles. The first-order valence-electron chi connectivity index (χ1n) is 12.4. The van der Waals surface area contributed by atoms with Crippen LogP contribution in [0.4, 0.5) is 4.39 Å². The van der Waals surface area contributed by atoms with Gasteiger partial charge in [0.2, 0.25) is 0 Å². The van der Waals surface area contributed by atoms with Crippen molar-refractivity contribution in [2.75, 3.05) is 7.11 Å². The summed E-state index contributed by atoms with van der Waals surface area (Å²) in [5.74, 6) is 0.101. The molecule has 0 aliphatic rings. The van der Waals surface area contributed by atoms with E-state index >= 15 is 0 Å². The van der Waals surface area contributed by atoms with E-state index in [-0.39, 0.29) is 11.4 Å². The summed E-state index contributed by atoms with van der Waals surface area (Å²) in [5.41, 5.74) is 5.39. The standard InChI is InChI=1S/C31H28FN3O2S/c1-20-29(28-18-26(21(2)38-28)27-14-8-13-25(34-27)19-37-3)31(36)35(16-15-22-9-5-4-6-10-22)30(33-20)23-11-7-12-24(32)17-23/h4-14,17-18H,15-16,19H2,1-3H3. The van der Waals surface area contributed by atoms with Crippen LogP contribution >= 0.6 is 11.3 Å². The quantitative estimate of drug-likeness (QED) is 0.222. The molecule has 5 rings (SSSR count). The van der Waals surface area contributed by atoms with E-state index in [4.69, 9.17) is 14.7 Å². The molecule has 0 atom stereocenters. The number of ether oxygens (including phenoxy) is 1. The summed E-state index contributed by atoms with van der Waals surface area (Å²) in [5, 5.41) is 0. The second-order valence-corrected chi connectivity index (χ2v) is 10.4. The number of pyridine rings is 1. The number of hydrogen-bond acceptors (Lipinski definition) is 5. The van der Waals surface area contributed by atoms with E-state index in [0.717, 1.165) is 32.3 Å². The summed E-state index contributed by atoms with van der Waals surface area (Å²) in [7, 11) is 1.65. The minimum atomic E-state index is -0.366. The predicted molar refractivity (Wildman–Crippen MR) is 151 cm³/mol. The van der Waals surface area contributed by atoms with Crippen LogP contribution in [0.5, 0.6) is 0 Å². The second-order valence-electron chi connectivity index (χ2n) is 9.13. The molecule has 3 aromatic heterocycles. The molecule has 38 heavy (non-hydrogen) atoms. The number of halogens is 1. The van der Waals surface area contributed by atoms with Gasteiger partial charge in [-0.1, -0.05) is 48.5 Å². The number of methoxy groups -OCH3 is 1. The normalized spacial score (nSPS) is 11.2. The lowest BCUT2D eigenvalue weighted by Gasteiger charge is -2.16. The van der Waals surface area contributed by atoms with Gasteiger partial charge in [0.25, 0.3) is 5.56 Å². The van der Waals surface area contributed by atoms with Crippen molar-refractivity contribution in [2.24, 2.45) is 0 Å². The van der Waals surface area contributed by atoms with Crippen LogP contribution in [-0.4, -0.2) is 21.6 Å². The summed E-state index contributed by atoms with van der Waals surface area (Å²) < 4.78 is 21.1. The number of hydrogen-bond donors (Lipinski definition) is 0. The molecule has 0 amide bonds. The van der Waals surface area contributed by atoms with Gasteiger partial charge < -0.3 is 4.74 Å². The van der Waals surface area contributed by atoms with Crippen molar-refractivity contribution < 1.29 is 9.13 Å². The van der Waals surface area contributed by atoms with Crippen molar-refractivity contribution in [1.29, 1.82) is 0 Å². The molecule has 192 valence electrons. The summed E-state index contributed by atoms with van der Waals surface area (Å²) in [6.45, 7) is 4.73. The molecule has 0 saturated carbocycles. The molecule has 0 fully saturated rings. The maximum Gasteiger partial charge on any atom is 0.262 e. The van der Waals surface area contributed by atoms with Crippen molar-refractivity contribution in [3.8, 4) is 33.1 Å². The van der Waals surface area contributed by atoms with Crippen molar-refractivity contribution in [3.05, 3.63) is 117 Å². The summed E-state index contributed by atoms with van der Waals surface area (Å²) in [6.07, 6.45) is 0.651. The number of rotatable bonds is 8. The van der Waals surface area contributed by atoms with E-state index in [1.165, 1.54) is 12.1 Å². The molecule has 0 spiro atoms. The molecule has 0 N–H and O–H groups in total. The van der Waals surface area contributed by atoms with Crippen LogP contribution in [0.1, 0.15) is 21.8 Å². The molecule has 0 unspecified atom stereocenters. The molecule has 3 heterocycles. The van der Waals surface area contributed by atoms with Crippen LogP contribution in [0, 0.1) is 19.7 Å². The fourth-order valence-electron chi connectivity index (χ4n) is 4.60. The molecular formula is C31H28FN3O2S. The van der Waals surface area contributed by atoms with Gasteiger partial charge in [0.05, 0.1) is 29.3 Å². The first-order valence-corrected chi connectivity index (χ1v) is 13.2. The van der Waals surface area contributed by atoms with Crippen molar-refractivity contribution in [1.82, 2.24) is 14.5 Å². The van der Waals surface area contributed by atoms with Gasteiger partial charge in [0.15, 0.2) is 0 Å². The van der Waals surface area contributed by atoms with Gasteiger partial charge in [-0.3, -0.25) is 14.3 Å². The fraction of sp³-hybridized carbons (Fsp3) is 0.194. The Morgan fingerprint density at radius 3 is 2.50 bits per heavy atom. The molecule has 7 heteroatoms. The minimum Gasteiger partial charge on any atom is -0.378 e. The fourth-order valence-corrected chi connectivity index (χ4v) is 5.72. The third kappa shape index (κ3) is 5.35. The van der Waals surface area contributed by atoms with E-state index < -0.39 is 0 Å². The Bertz CT molecular complexity index is 1640. The zero-order valence-electron chi connectivity index (χ0n) is 21.6. The van der Waals surface area contributed by atoms with E-state index in [1.54, 1.807) is 35.1 Å². The lowest BCUT2D eigenvalue weighted by molar-refractivity contribution is 0.181. The van der Waals surface area contributed by atoms with E-state index in [1.807, 2.05) is 68.4 Å². The van der Waals surface area contributed by atoms with Crippen LogP contribution in [-0.2, 0) is 24.3 Å². The zero-order valence-corrected chi connectivity index (χ0v) is 22.4. The maximum atomic E-state index is 14.1. The third-order valence-corrected chi connectivity index (χ3v) is 7.51. The van der Waals surface area contributed by atoms with E-state index in [9.17, 15) is 9.18 Å². The molecular weight excluding hydrogens is 497 g/mol. The molecule has 5 nitrogen and oxygen atoms in total. The molecule has 0 aliphatic carbocycles. The SMILES string of the molecule is COCc1cccc(-c2cc(-c3c(C)nc(-c4cccc(F)c4)n(CCc4ccccc4)c3=O)sc2C)n1. The Morgan fingerprint density at radius 1 is 0.947 bits per heavy atom. The number of benzene rings is 2. The highest BCUT2D eigenvalue weighted by Gasteiger charge is 2.20. The number of aromatic nitrogens is 3. The monoisotopic (exact) mass is 525 g/mol. The third-order valence-electron chi connectivity index (χ3n) is 6.44. The second kappa shape index (κ2) is 11.2. The first kappa shape index (κ1) is 25.7. The Hall–Kier alpha value is -3.94. The number of aryl methyl sites for hydroxylation is 3. The molecule has 5 aromatic rings. The summed E-state index contributed by atoms with van der Waals surface area (Å²) in [6, 6.07) is 24.1. The minimum absolute atomic E-state index is 0.137. The van der Waals surface area contributed by atoms with Gasteiger partial charge in [0, 0.05) is 34.5 Å². The van der Waals surface area contributed by atoms with Crippen LogP contribution in [0.25, 0.3) is 33.1 Å². The smallest absolute Gasteiger partial charge is 0.262 e. The van der Waals surface area contributed by atoms with Gasteiger partial charge >= 0.3 is 0 Å². The van der Waals surface area contributed by atoms with Gasteiger partial charge in [0.1, 0.15) is 11.6 Å². The van der Waals surface area contributed by atoms with Crippen LogP contribution in [0.2, 0.25) is 0 Å². The lowest BCUT2D eigenvalue weighted by Crippen LogP contribution is -2.27. The van der Waals surface area contributed by atoms with Gasteiger partial charge in [-0.25, -0.2) is 9.37 Å². The first-order chi connectivity index (χ1) is 18.4. The molecule has 2 aromatic carbocycles. The van der Waals surface area contributed by atoms with Gasteiger partial charge in [-0.2, -0.15) is 0 Å². The van der Waals surface area contributed by atoms with Crippen molar-refractivity contribution in [2.45, 2.75) is 33.4 Å². The average molecular weight is 526 g/mol. The van der Waals surface area contributed by atoms with Gasteiger partial charge in [-0.15, -0.1) is 11.3 Å². The Kier molecular flexibility index (Phi) is 7.58. The Morgan fingerprint density at radius 2 is 1.74 bits per heavy atom. The van der Waals surface area contributed by atoms with E-state index in [0.29, 0.717) is 42.2 Å². The molecule has 0 radical (unpaired) electrons. The molecule has 0 aliphatic heterocycles. The largest absolute Gasteiger partial charge is 0.378 e. The maximum absolute atomic E-state index is 14.1. The zero-order chi connectivity index (χ0) is 26.6. The number of thiophene rings is 1.